The average Bonchev–Trinajstić information content (AvgIpc) is 2.76. The molecule has 29 heavy (non-hydrogen) atoms. The van der Waals surface area contributed by atoms with Gasteiger partial charge in [-0.2, -0.15) is 0 Å². The van der Waals surface area contributed by atoms with Crippen LogP contribution >= 0.6 is 23.2 Å². The molecule has 1 fully saturated rings. The minimum absolute atomic E-state index is 0.132. The van der Waals surface area contributed by atoms with Gasteiger partial charge in [-0.05, 0) is 35.9 Å². The average molecular weight is 427 g/mol. The minimum Gasteiger partial charge on any atom is -0.352 e. The van der Waals surface area contributed by atoms with Gasteiger partial charge in [0, 0.05) is 36.8 Å². The lowest BCUT2D eigenvalue weighted by Crippen LogP contribution is -2.49. The fourth-order valence-electron chi connectivity index (χ4n) is 3.38. The maximum absolute atomic E-state index is 12.6. The Morgan fingerprint density at radius 1 is 0.862 bits per heavy atom. The van der Waals surface area contributed by atoms with Gasteiger partial charge in [-0.25, -0.2) is 0 Å². The van der Waals surface area contributed by atoms with E-state index >= 15 is 0 Å². The van der Waals surface area contributed by atoms with Crippen LogP contribution in [0.5, 0.6) is 0 Å². The van der Waals surface area contributed by atoms with E-state index in [1.807, 2.05) is 65.6 Å². The molecule has 7 heteroatoms. The van der Waals surface area contributed by atoms with Crippen LogP contribution in [-0.4, -0.2) is 47.2 Å². The first kappa shape index (κ1) is 19.7. The summed E-state index contributed by atoms with van der Waals surface area (Å²) in [4.78, 5) is 16.6. The Kier molecular flexibility index (Phi) is 5.97. The molecule has 0 saturated carbocycles. The topological polar surface area (TPSA) is 49.3 Å². The molecule has 0 bridgehead atoms. The van der Waals surface area contributed by atoms with E-state index in [2.05, 4.69) is 15.1 Å². The van der Waals surface area contributed by atoms with Crippen molar-refractivity contribution in [2.75, 3.05) is 31.1 Å². The second-order valence-electron chi connectivity index (χ2n) is 6.93. The number of amides is 1. The predicted molar refractivity (Wildman–Crippen MR) is 116 cm³/mol. The van der Waals surface area contributed by atoms with Gasteiger partial charge in [0.2, 0.25) is 5.91 Å². The molecule has 2 aromatic carbocycles. The molecule has 1 aliphatic heterocycles. The molecular weight excluding hydrogens is 407 g/mol. The highest BCUT2D eigenvalue weighted by atomic mass is 35.5. The SMILES string of the molecule is O=C(Cc1ccc(Cl)cc1)N1CCN(c2ccc(-c3ccccc3Cl)nn2)CC1. The zero-order valence-electron chi connectivity index (χ0n) is 15.8. The molecule has 0 aliphatic carbocycles. The van der Waals surface area contributed by atoms with Gasteiger partial charge in [0.15, 0.2) is 5.82 Å². The molecule has 0 radical (unpaired) electrons. The molecule has 0 atom stereocenters. The zero-order chi connectivity index (χ0) is 20.2. The van der Waals surface area contributed by atoms with Crippen molar-refractivity contribution in [3.63, 3.8) is 0 Å². The third-order valence-corrected chi connectivity index (χ3v) is 5.61. The van der Waals surface area contributed by atoms with E-state index in [4.69, 9.17) is 23.2 Å². The second kappa shape index (κ2) is 8.80. The molecule has 1 amide bonds. The summed E-state index contributed by atoms with van der Waals surface area (Å²) in [7, 11) is 0. The number of aromatic nitrogens is 2. The third kappa shape index (κ3) is 4.69. The van der Waals surface area contributed by atoms with Gasteiger partial charge in [0.05, 0.1) is 17.1 Å². The Morgan fingerprint density at radius 2 is 1.59 bits per heavy atom. The molecule has 1 aliphatic rings. The van der Waals surface area contributed by atoms with E-state index in [-0.39, 0.29) is 5.91 Å². The smallest absolute Gasteiger partial charge is 0.227 e. The minimum atomic E-state index is 0.132. The van der Waals surface area contributed by atoms with Crippen molar-refractivity contribution >= 4 is 34.9 Å². The van der Waals surface area contributed by atoms with Crippen LogP contribution in [0.2, 0.25) is 10.0 Å². The Balaban J connectivity index is 1.35. The Morgan fingerprint density at radius 3 is 2.24 bits per heavy atom. The summed E-state index contributed by atoms with van der Waals surface area (Å²) in [5, 5.41) is 10.0. The third-order valence-electron chi connectivity index (χ3n) is 5.03. The van der Waals surface area contributed by atoms with Gasteiger partial charge in [-0.15, -0.1) is 10.2 Å². The second-order valence-corrected chi connectivity index (χ2v) is 7.77. The summed E-state index contributed by atoms with van der Waals surface area (Å²) in [6.45, 7) is 2.79. The number of rotatable bonds is 4. The first-order valence-electron chi connectivity index (χ1n) is 9.46. The van der Waals surface area contributed by atoms with Crippen LogP contribution in [0.1, 0.15) is 5.56 Å². The van der Waals surface area contributed by atoms with Crippen LogP contribution in [0.25, 0.3) is 11.3 Å². The summed E-state index contributed by atoms with van der Waals surface area (Å²) in [6.07, 6.45) is 0.392. The van der Waals surface area contributed by atoms with Crippen molar-refractivity contribution in [3.8, 4) is 11.3 Å². The van der Waals surface area contributed by atoms with Crippen LogP contribution < -0.4 is 4.90 Å². The summed E-state index contributed by atoms with van der Waals surface area (Å²) in [6, 6.07) is 18.9. The zero-order valence-corrected chi connectivity index (χ0v) is 17.3. The van der Waals surface area contributed by atoms with Crippen LogP contribution in [0, 0.1) is 0 Å². The Bertz CT molecular complexity index is 984. The highest BCUT2D eigenvalue weighted by Gasteiger charge is 2.22. The van der Waals surface area contributed by atoms with E-state index in [1.165, 1.54) is 0 Å². The highest BCUT2D eigenvalue weighted by Crippen LogP contribution is 2.26. The predicted octanol–water partition coefficient (Wildman–Crippen LogP) is 4.34. The van der Waals surface area contributed by atoms with Crippen molar-refractivity contribution < 1.29 is 4.79 Å². The standard InChI is InChI=1S/C22H20Cl2N4O/c23-17-7-5-16(6-8-17)15-22(29)28-13-11-27(12-14-28)21-10-9-20(25-26-21)18-3-1-2-4-19(18)24/h1-10H,11-15H2. The van der Waals surface area contributed by atoms with Gasteiger partial charge in [0.1, 0.15) is 0 Å². The van der Waals surface area contributed by atoms with Gasteiger partial charge >= 0.3 is 0 Å². The Labute approximate surface area is 179 Å². The van der Waals surface area contributed by atoms with Crippen LogP contribution in [0.4, 0.5) is 5.82 Å². The van der Waals surface area contributed by atoms with Gasteiger partial charge < -0.3 is 9.80 Å². The van der Waals surface area contributed by atoms with E-state index in [9.17, 15) is 4.79 Å². The number of piperazine rings is 1. The molecular formula is C22H20Cl2N4O. The molecule has 3 aromatic rings. The number of hydrogen-bond acceptors (Lipinski definition) is 4. The summed E-state index contributed by atoms with van der Waals surface area (Å²) >= 11 is 12.1. The lowest BCUT2D eigenvalue weighted by atomic mass is 10.1. The van der Waals surface area contributed by atoms with Crippen molar-refractivity contribution in [3.05, 3.63) is 76.3 Å². The summed E-state index contributed by atoms with van der Waals surface area (Å²) < 4.78 is 0. The molecule has 0 spiro atoms. The molecule has 1 aromatic heterocycles. The van der Waals surface area contributed by atoms with Crippen LogP contribution in [0.15, 0.2) is 60.7 Å². The maximum Gasteiger partial charge on any atom is 0.227 e. The number of carbonyl (C=O) groups is 1. The molecule has 5 nitrogen and oxygen atoms in total. The number of hydrogen-bond donors (Lipinski definition) is 0. The monoisotopic (exact) mass is 426 g/mol. The van der Waals surface area contributed by atoms with Crippen molar-refractivity contribution in [2.24, 2.45) is 0 Å². The molecule has 1 saturated heterocycles. The van der Waals surface area contributed by atoms with Gasteiger partial charge in [-0.3, -0.25) is 4.79 Å². The Hall–Kier alpha value is -2.63. The molecule has 148 valence electrons. The number of nitrogens with zero attached hydrogens (tertiary/aromatic N) is 4. The number of carbonyl (C=O) groups excluding carboxylic acids is 1. The quantitative estimate of drug-likeness (QED) is 0.622. The van der Waals surface area contributed by atoms with Gasteiger partial charge in [0.25, 0.3) is 0 Å². The first-order valence-corrected chi connectivity index (χ1v) is 10.2. The largest absolute Gasteiger partial charge is 0.352 e. The lowest BCUT2D eigenvalue weighted by molar-refractivity contribution is -0.130. The van der Waals surface area contributed by atoms with Crippen molar-refractivity contribution in [1.82, 2.24) is 15.1 Å². The summed E-state index contributed by atoms with van der Waals surface area (Å²) in [5.41, 5.74) is 2.59. The van der Waals surface area contributed by atoms with Gasteiger partial charge in [-0.1, -0.05) is 53.5 Å². The molecule has 2 heterocycles. The van der Waals surface area contributed by atoms with E-state index in [0.29, 0.717) is 29.6 Å². The summed E-state index contributed by atoms with van der Waals surface area (Å²) in [5.74, 6) is 0.942. The highest BCUT2D eigenvalue weighted by molar-refractivity contribution is 6.33. The fraction of sp³-hybridized carbons (Fsp3) is 0.227. The van der Waals surface area contributed by atoms with E-state index < -0.39 is 0 Å². The van der Waals surface area contributed by atoms with Crippen LogP contribution in [0.3, 0.4) is 0 Å². The number of benzene rings is 2. The molecule has 0 unspecified atom stereocenters. The van der Waals surface area contributed by atoms with Crippen LogP contribution in [-0.2, 0) is 11.2 Å². The number of halogens is 2. The first-order chi connectivity index (χ1) is 14.1. The lowest BCUT2D eigenvalue weighted by Gasteiger charge is -2.35. The van der Waals surface area contributed by atoms with E-state index in [0.717, 1.165) is 35.7 Å². The van der Waals surface area contributed by atoms with Crippen molar-refractivity contribution in [1.29, 1.82) is 0 Å². The molecule has 0 N–H and O–H groups in total. The maximum atomic E-state index is 12.6. The van der Waals surface area contributed by atoms with E-state index in [1.54, 1.807) is 0 Å². The number of anilines is 1. The van der Waals surface area contributed by atoms with Crippen molar-refractivity contribution in [2.45, 2.75) is 6.42 Å². The molecule has 4 rings (SSSR count). The fourth-order valence-corrected chi connectivity index (χ4v) is 3.74. The normalized spacial score (nSPS) is 14.1.